The molecule has 10 nitrogen and oxygen atoms in total. The second-order valence-corrected chi connectivity index (χ2v) is 6.42. The van der Waals surface area contributed by atoms with Gasteiger partial charge in [-0.1, -0.05) is 13.8 Å². The zero-order chi connectivity index (χ0) is 19.2. The van der Waals surface area contributed by atoms with Gasteiger partial charge in [-0.3, -0.25) is 15.1 Å². The highest BCUT2D eigenvalue weighted by Crippen LogP contribution is 2.15. The molecule has 0 spiro atoms. The maximum Gasteiger partial charge on any atom is 0.294 e. The molecule has 3 rings (SSSR count). The van der Waals surface area contributed by atoms with E-state index in [1.807, 2.05) is 13.8 Å². The van der Waals surface area contributed by atoms with Crippen molar-refractivity contribution in [3.63, 3.8) is 0 Å². The molecular weight excluding hydrogens is 348 g/mol. The van der Waals surface area contributed by atoms with Gasteiger partial charge >= 0.3 is 0 Å². The van der Waals surface area contributed by atoms with Gasteiger partial charge < -0.3 is 14.5 Å². The first kappa shape index (κ1) is 19.0. The summed E-state index contributed by atoms with van der Waals surface area (Å²) in [7, 11) is 2.10. The molecule has 1 aliphatic rings. The maximum absolute atomic E-state index is 12.1. The molecule has 0 amide bonds. The van der Waals surface area contributed by atoms with Crippen LogP contribution in [0.5, 0.6) is 5.75 Å². The molecular formula is C17H26N8O2. The van der Waals surface area contributed by atoms with Gasteiger partial charge in [0.05, 0.1) is 12.8 Å². The largest absolute Gasteiger partial charge is 0.487 e. The summed E-state index contributed by atoms with van der Waals surface area (Å²) in [6, 6.07) is 0. The van der Waals surface area contributed by atoms with E-state index >= 15 is 0 Å². The van der Waals surface area contributed by atoms with Gasteiger partial charge in [0.1, 0.15) is 5.82 Å². The third-order valence-electron chi connectivity index (χ3n) is 4.23. The van der Waals surface area contributed by atoms with Gasteiger partial charge in [-0.25, -0.2) is 4.98 Å². The first-order valence-corrected chi connectivity index (χ1v) is 9.26. The molecule has 2 N–H and O–H groups in total. The number of aromatic amines is 1. The lowest BCUT2D eigenvalue weighted by molar-refractivity contribution is 0.311. The summed E-state index contributed by atoms with van der Waals surface area (Å²) >= 11 is 0. The molecule has 0 aliphatic carbocycles. The van der Waals surface area contributed by atoms with Crippen LogP contribution in [0, 0.1) is 0 Å². The molecule has 2 aromatic heterocycles. The number of hydrogen-bond acceptors (Lipinski definition) is 9. The van der Waals surface area contributed by atoms with Crippen LogP contribution in [-0.2, 0) is 6.42 Å². The fourth-order valence-electron chi connectivity index (χ4n) is 2.64. The summed E-state index contributed by atoms with van der Waals surface area (Å²) in [6.45, 7) is 8.09. The first-order valence-electron chi connectivity index (χ1n) is 9.26. The van der Waals surface area contributed by atoms with Crippen LogP contribution in [0.1, 0.15) is 26.1 Å². The number of nitrogens with zero attached hydrogens (tertiary/aromatic N) is 6. The van der Waals surface area contributed by atoms with E-state index in [2.05, 4.69) is 47.1 Å². The Morgan fingerprint density at radius 1 is 1.19 bits per heavy atom. The maximum atomic E-state index is 12.1. The number of likely N-dealkylation sites (N-methyl/N-ethyl adjacent to an activating group) is 1. The van der Waals surface area contributed by atoms with Crippen LogP contribution in [0.2, 0.25) is 0 Å². The van der Waals surface area contributed by atoms with E-state index in [1.165, 1.54) is 6.20 Å². The van der Waals surface area contributed by atoms with Gasteiger partial charge in [0, 0.05) is 32.6 Å². The van der Waals surface area contributed by atoms with Crippen LogP contribution in [0.3, 0.4) is 0 Å². The Kier molecular flexibility index (Phi) is 6.17. The van der Waals surface area contributed by atoms with Gasteiger partial charge in [0.2, 0.25) is 23.6 Å². The van der Waals surface area contributed by atoms with Crippen molar-refractivity contribution in [3.05, 3.63) is 22.4 Å². The van der Waals surface area contributed by atoms with E-state index in [9.17, 15) is 4.79 Å². The molecule has 3 heterocycles. The highest BCUT2D eigenvalue weighted by Gasteiger charge is 2.18. The smallest absolute Gasteiger partial charge is 0.294 e. The van der Waals surface area contributed by atoms with Crippen LogP contribution < -0.4 is 20.5 Å². The van der Waals surface area contributed by atoms with Crippen LogP contribution in [0.4, 0.5) is 17.8 Å². The number of hydrogen-bond donors (Lipinski definition) is 2. The minimum atomic E-state index is -0.343. The second-order valence-electron chi connectivity index (χ2n) is 6.42. The van der Waals surface area contributed by atoms with Gasteiger partial charge in [0.25, 0.3) is 5.56 Å². The SMILES string of the molecule is CCCOc1cnc(Nc2nc(CC)nc(N3CCN(C)CC3)n2)[nH]c1=O. The van der Waals surface area contributed by atoms with Crippen molar-refractivity contribution >= 4 is 17.8 Å². The summed E-state index contributed by atoms with van der Waals surface area (Å²) in [5, 5.41) is 2.97. The zero-order valence-electron chi connectivity index (χ0n) is 16.0. The lowest BCUT2D eigenvalue weighted by Gasteiger charge is -2.32. The Bertz CT molecular complexity index is 817. The van der Waals surface area contributed by atoms with Crippen molar-refractivity contribution in [3.8, 4) is 5.75 Å². The number of ether oxygens (including phenoxy) is 1. The lowest BCUT2D eigenvalue weighted by Crippen LogP contribution is -2.45. The summed E-state index contributed by atoms with van der Waals surface area (Å²) < 4.78 is 5.35. The fourth-order valence-corrected chi connectivity index (χ4v) is 2.64. The third-order valence-corrected chi connectivity index (χ3v) is 4.23. The quantitative estimate of drug-likeness (QED) is 0.726. The highest BCUT2D eigenvalue weighted by atomic mass is 16.5. The molecule has 1 saturated heterocycles. The van der Waals surface area contributed by atoms with E-state index in [-0.39, 0.29) is 17.3 Å². The van der Waals surface area contributed by atoms with Gasteiger partial charge in [-0.05, 0) is 13.5 Å². The number of aryl methyl sites for hydroxylation is 1. The molecule has 0 bridgehead atoms. The summed E-state index contributed by atoms with van der Waals surface area (Å²) in [5.74, 6) is 2.15. The summed E-state index contributed by atoms with van der Waals surface area (Å²) in [6.07, 6.45) is 2.91. The van der Waals surface area contributed by atoms with E-state index < -0.39 is 0 Å². The molecule has 1 fully saturated rings. The number of H-pyrrole nitrogens is 1. The molecule has 0 radical (unpaired) electrons. The van der Waals surface area contributed by atoms with Crippen molar-refractivity contribution in [2.75, 3.05) is 50.1 Å². The number of rotatable bonds is 7. The van der Waals surface area contributed by atoms with Crippen molar-refractivity contribution < 1.29 is 4.74 Å². The molecule has 146 valence electrons. The van der Waals surface area contributed by atoms with Crippen LogP contribution in [0.15, 0.2) is 11.0 Å². The van der Waals surface area contributed by atoms with E-state index in [1.54, 1.807) is 0 Å². The predicted molar refractivity (Wildman–Crippen MR) is 103 cm³/mol. The standard InChI is InChI=1S/C17H26N8O2/c1-4-10-27-12-11-18-15(21-14(12)26)22-16-19-13(5-2)20-17(23-16)25-8-6-24(3)7-9-25/h11H,4-10H2,1-3H3,(H2,18,19,20,21,22,23,26). The second kappa shape index (κ2) is 8.76. The molecule has 0 aromatic carbocycles. The summed E-state index contributed by atoms with van der Waals surface area (Å²) in [5.41, 5.74) is -0.343. The predicted octanol–water partition coefficient (Wildman–Crippen LogP) is 0.801. The Morgan fingerprint density at radius 3 is 2.63 bits per heavy atom. The van der Waals surface area contributed by atoms with Crippen molar-refractivity contribution in [2.45, 2.75) is 26.7 Å². The Morgan fingerprint density at radius 2 is 1.96 bits per heavy atom. The van der Waals surface area contributed by atoms with Crippen molar-refractivity contribution in [2.24, 2.45) is 0 Å². The van der Waals surface area contributed by atoms with E-state index in [0.717, 1.165) is 32.6 Å². The topological polar surface area (TPSA) is 112 Å². The first-order chi connectivity index (χ1) is 13.1. The molecule has 27 heavy (non-hydrogen) atoms. The highest BCUT2D eigenvalue weighted by molar-refractivity contribution is 5.46. The van der Waals surface area contributed by atoms with Gasteiger partial charge in [-0.2, -0.15) is 15.0 Å². The monoisotopic (exact) mass is 374 g/mol. The number of anilines is 3. The third kappa shape index (κ3) is 4.91. The zero-order valence-corrected chi connectivity index (χ0v) is 16.0. The molecule has 0 unspecified atom stereocenters. The van der Waals surface area contributed by atoms with Crippen LogP contribution in [0.25, 0.3) is 0 Å². The molecule has 0 atom stereocenters. The van der Waals surface area contributed by atoms with Crippen LogP contribution >= 0.6 is 0 Å². The number of nitrogens with one attached hydrogen (secondary N) is 2. The molecule has 10 heteroatoms. The fraction of sp³-hybridized carbons (Fsp3) is 0.588. The average Bonchev–Trinajstić information content (AvgIpc) is 2.67. The Balaban J connectivity index is 1.79. The van der Waals surface area contributed by atoms with Crippen molar-refractivity contribution in [1.29, 1.82) is 0 Å². The molecule has 1 aliphatic heterocycles. The molecule has 2 aromatic rings. The minimum Gasteiger partial charge on any atom is -0.487 e. The lowest BCUT2D eigenvalue weighted by atomic mass is 10.3. The van der Waals surface area contributed by atoms with Crippen LogP contribution in [-0.4, -0.2) is 69.7 Å². The van der Waals surface area contributed by atoms with E-state index in [4.69, 9.17) is 4.74 Å². The van der Waals surface area contributed by atoms with E-state index in [0.29, 0.717) is 30.7 Å². The minimum absolute atomic E-state index is 0.199. The Labute approximate surface area is 158 Å². The Hall–Kier alpha value is -2.75. The average molecular weight is 374 g/mol. The number of piperazine rings is 1. The van der Waals surface area contributed by atoms with Crippen molar-refractivity contribution in [1.82, 2.24) is 29.8 Å². The van der Waals surface area contributed by atoms with Gasteiger partial charge in [0.15, 0.2) is 0 Å². The molecule has 0 saturated carbocycles. The normalized spacial score (nSPS) is 15.0. The van der Waals surface area contributed by atoms with Gasteiger partial charge in [-0.15, -0.1) is 0 Å². The summed E-state index contributed by atoms with van der Waals surface area (Å²) in [4.78, 5) is 36.8. The number of aromatic nitrogens is 5.